The molecule has 1 aromatic carbocycles. The van der Waals surface area contributed by atoms with E-state index in [1.807, 2.05) is 6.07 Å². The first-order valence-corrected chi connectivity index (χ1v) is 5.73. The lowest BCUT2D eigenvalue weighted by molar-refractivity contribution is -0.115. The third-order valence-corrected chi connectivity index (χ3v) is 2.59. The van der Waals surface area contributed by atoms with Crippen molar-refractivity contribution in [1.29, 1.82) is 0 Å². The predicted molar refractivity (Wildman–Crippen MR) is 70.5 cm³/mol. The van der Waals surface area contributed by atoms with E-state index in [2.05, 4.69) is 15.5 Å². The van der Waals surface area contributed by atoms with E-state index in [0.29, 0.717) is 17.3 Å². The molecular weight excluding hydrogens is 246 g/mol. The molecule has 0 aliphatic heterocycles. The van der Waals surface area contributed by atoms with Gasteiger partial charge in [-0.05, 0) is 17.7 Å². The molecule has 0 atom stereocenters. The number of hydrogen-bond donors (Lipinski definition) is 2. The van der Waals surface area contributed by atoms with Crippen LogP contribution in [0.15, 0.2) is 30.5 Å². The molecule has 2 rings (SSSR count). The van der Waals surface area contributed by atoms with E-state index >= 15 is 0 Å². The minimum atomic E-state index is -0.128. The van der Waals surface area contributed by atoms with E-state index in [9.17, 15) is 4.79 Å². The number of ether oxygens (including phenoxy) is 2. The molecule has 1 amide bonds. The van der Waals surface area contributed by atoms with Crippen LogP contribution in [0.2, 0.25) is 0 Å². The Balaban J connectivity index is 2.04. The molecule has 19 heavy (non-hydrogen) atoms. The fraction of sp³-hybridized carbons (Fsp3) is 0.231. The molecule has 6 heteroatoms. The van der Waals surface area contributed by atoms with Crippen LogP contribution in [0, 0.1) is 0 Å². The molecule has 0 radical (unpaired) electrons. The van der Waals surface area contributed by atoms with Gasteiger partial charge in [-0.25, -0.2) is 0 Å². The van der Waals surface area contributed by atoms with Gasteiger partial charge < -0.3 is 14.8 Å². The largest absolute Gasteiger partial charge is 0.493 e. The summed E-state index contributed by atoms with van der Waals surface area (Å²) in [6.07, 6.45) is 1.82. The highest BCUT2D eigenvalue weighted by atomic mass is 16.5. The number of nitrogens with zero attached hydrogens (tertiary/aromatic N) is 1. The molecule has 0 saturated heterocycles. The van der Waals surface area contributed by atoms with Crippen LogP contribution in [0.3, 0.4) is 0 Å². The lowest BCUT2D eigenvalue weighted by Gasteiger charge is -2.09. The highest BCUT2D eigenvalue weighted by Crippen LogP contribution is 2.27. The number of aromatic amines is 1. The zero-order chi connectivity index (χ0) is 13.7. The summed E-state index contributed by atoms with van der Waals surface area (Å²) in [5.41, 5.74) is 0.842. The Hall–Kier alpha value is -2.50. The van der Waals surface area contributed by atoms with Crippen LogP contribution < -0.4 is 14.8 Å². The summed E-state index contributed by atoms with van der Waals surface area (Å²) in [4.78, 5) is 11.8. The fourth-order valence-electron chi connectivity index (χ4n) is 1.70. The lowest BCUT2D eigenvalue weighted by Crippen LogP contribution is -2.14. The van der Waals surface area contributed by atoms with Gasteiger partial charge >= 0.3 is 0 Å². The normalized spacial score (nSPS) is 10.0. The van der Waals surface area contributed by atoms with Crippen molar-refractivity contribution in [3.05, 3.63) is 36.0 Å². The molecule has 0 spiro atoms. The van der Waals surface area contributed by atoms with E-state index in [1.54, 1.807) is 38.6 Å². The van der Waals surface area contributed by atoms with Crippen molar-refractivity contribution in [1.82, 2.24) is 10.2 Å². The average molecular weight is 261 g/mol. The number of nitrogens with one attached hydrogen (secondary N) is 2. The van der Waals surface area contributed by atoms with Gasteiger partial charge in [0.1, 0.15) is 5.82 Å². The molecule has 0 aliphatic rings. The fourth-order valence-corrected chi connectivity index (χ4v) is 1.70. The molecule has 2 aromatic rings. The van der Waals surface area contributed by atoms with E-state index in [0.717, 1.165) is 5.56 Å². The number of hydrogen-bond acceptors (Lipinski definition) is 4. The second-order valence-corrected chi connectivity index (χ2v) is 3.88. The molecule has 1 aromatic heterocycles. The Morgan fingerprint density at radius 1 is 1.26 bits per heavy atom. The van der Waals surface area contributed by atoms with Gasteiger partial charge in [-0.3, -0.25) is 9.89 Å². The van der Waals surface area contributed by atoms with Gasteiger partial charge in [0.2, 0.25) is 5.91 Å². The predicted octanol–water partition coefficient (Wildman–Crippen LogP) is 1.61. The number of carbonyl (C=O) groups is 1. The summed E-state index contributed by atoms with van der Waals surface area (Å²) in [5.74, 6) is 1.69. The summed E-state index contributed by atoms with van der Waals surface area (Å²) >= 11 is 0. The number of carbonyl (C=O) groups excluding carboxylic acids is 1. The zero-order valence-corrected chi connectivity index (χ0v) is 10.8. The van der Waals surface area contributed by atoms with Crippen LogP contribution >= 0.6 is 0 Å². The lowest BCUT2D eigenvalue weighted by atomic mass is 10.1. The first-order valence-electron chi connectivity index (χ1n) is 5.73. The van der Waals surface area contributed by atoms with Gasteiger partial charge in [0.25, 0.3) is 0 Å². The van der Waals surface area contributed by atoms with Crippen molar-refractivity contribution < 1.29 is 14.3 Å². The van der Waals surface area contributed by atoms with Crippen molar-refractivity contribution in [2.24, 2.45) is 0 Å². The van der Waals surface area contributed by atoms with Gasteiger partial charge in [-0.15, -0.1) is 0 Å². The van der Waals surface area contributed by atoms with Crippen molar-refractivity contribution in [2.45, 2.75) is 6.42 Å². The van der Waals surface area contributed by atoms with Crippen LogP contribution in [-0.4, -0.2) is 30.3 Å². The summed E-state index contributed by atoms with van der Waals surface area (Å²) in [5, 5.41) is 9.13. The third-order valence-electron chi connectivity index (χ3n) is 2.59. The Bertz CT molecular complexity index is 552. The number of aromatic nitrogens is 2. The number of methoxy groups -OCH3 is 2. The maximum atomic E-state index is 11.8. The highest BCUT2D eigenvalue weighted by Gasteiger charge is 2.08. The average Bonchev–Trinajstić information content (AvgIpc) is 2.91. The van der Waals surface area contributed by atoms with Crippen molar-refractivity contribution in [3.8, 4) is 11.5 Å². The molecule has 1 heterocycles. The topological polar surface area (TPSA) is 76.2 Å². The number of rotatable bonds is 5. The molecular formula is C13H15N3O3. The van der Waals surface area contributed by atoms with Crippen LogP contribution in [0.1, 0.15) is 5.56 Å². The minimum absolute atomic E-state index is 0.128. The second kappa shape index (κ2) is 5.90. The smallest absolute Gasteiger partial charge is 0.229 e. The molecule has 6 nitrogen and oxygen atoms in total. The molecule has 100 valence electrons. The molecule has 0 saturated carbocycles. The number of benzene rings is 1. The zero-order valence-electron chi connectivity index (χ0n) is 10.8. The number of H-pyrrole nitrogens is 1. The van der Waals surface area contributed by atoms with Gasteiger partial charge in [0.15, 0.2) is 11.5 Å². The molecule has 0 fully saturated rings. The third kappa shape index (κ3) is 3.25. The van der Waals surface area contributed by atoms with E-state index in [-0.39, 0.29) is 12.3 Å². The maximum Gasteiger partial charge on any atom is 0.229 e. The Kier molecular flexibility index (Phi) is 4.02. The van der Waals surface area contributed by atoms with Gasteiger partial charge in [0.05, 0.1) is 26.8 Å². The summed E-state index contributed by atoms with van der Waals surface area (Å²) < 4.78 is 10.3. The molecule has 0 unspecified atom stereocenters. The summed E-state index contributed by atoms with van der Waals surface area (Å²) in [6.45, 7) is 0. The quantitative estimate of drug-likeness (QED) is 0.857. The molecule has 0 bridgehead atoms. The van der Waals surface area contributed by atoms with Crippen molar-refractivity contribution >= 4 is 11.7 Å². The first-order chi connectivity index (χ1) is 9.22. The Morgan fingerprint density at radius 2 is 2.05 bits per heavy atom. The standard InChI is InChI=1S/C13H15N3O3/c1-18-10-4-3-9(7-11(10)19-2)8-13(17)15-12-5-6-14-16-12/h3-7H,8H2,1-2H3,(H2,14,15,16,17). The number of amides is 1. The van der Waals surface area contributed by atoms with Crippen LogP contribution in [0.25, 0.3) is 0 Å². The van der Waals surface area contributed by atoms with Gasteiger partial charge in [-0.1, -0.05) is 6.07 Å². The molecule has 2 N–H and O–H groups in total. The SMILES string of the molecule is COc1ccc(CC(=O)Nc2ccn[nH]2)cc1OC. The van der Waals surface area contributed by atoms with E-state index in [1.165, 1.54) is 0 Å². The van der Waals surface area contributed by atoms with Crippen LogP contribution in [-0.2, 0) is 11.2 Å². The van der Waals surface area contributed by atoms with Crippen LogP contribution in [0.4, 0.5) is 5.82 Å². The van der Waals surface area contributed by atoms with Gasteiger partial charge in [-0.2, -0.15) is 5.10 Å². The first kappa shape index (κ1) is 12.9. The van der Waals surface area contributed by atoms with E-state index in [4.69, 9.17) is 9.47 Å². The van der Waals surface area contributed by atoms with Gasteiger partial charge in [0, 0.05) is 6.07 Å². The monoisotopic (exact) mass is 261 g/mol. The van der Waals surface area contributed by atoms with Crippen molar-refractivity contribution in [3.63, 3.8) is 0 Å². The minimum Gasteiger partial charge on any atom is -0.493 e. The Labute approximate surface area is 110 Å². The van der Waals surface area contributed by atoms with E-state index < -0.39 is 0 Å². The molecule has 0 aliphatic carbocycles. The Morgan fingerprint density at radius 3 is 2.68 bits per heavy atom. The summed E-state index contributed by atoms with van der Waals surface area (Å²) in [6, 6.07) is 7.07. The van der Waals surface area contributed by atoms with Crippen molar-refractivity contribution in [2.75, 3.05) is 19.5 Å². The van der Waals surface area contributed by atoms with Crippen LogP contribution in [0.5, 0.6) is 11.5 Å². The maximum absolute atomic E-state index is 11.8. The highest BCUT2D eigenvalue weighted by molar-refractivity contribution is 5.91. The summed E-state index contributed by atoms with van der Waals surface area (Å²) in [7, 11) is 3.13. The number of anilines is 1. The second-order valence-electron chi connectivity index (χ2n) is 3.88.